The maximum Gasteiger partial charge on any atom is 0.170 e. The molecule has 2 aliphatic rings. The van der Waals surface area contributed by atoms with E-state index in [2.05, 4.69) is 12.1 Å². The first kappa shape index (κ1) is 12.0. The number of furan rings is 1. The van der Waals surface area contributed by atoms with Gasteiger partial charge in [0, 0.05) is 17.4 Å². The highest BCUT2D eigenvalue weighted by atomic mass is 16.3. The lowest BCUT2D eigenvalue weighted by molar-refractivity contribution is 0.0691. The fourth-order valence-electron chi connectivity index (χ4n) is 4.26. The molecular weight excluding hydrogens is 248 g/mol. The summed E-state index contributed by atoms with van der Waals surface area (Å²) in [4.78, 5) is 13.0. The highest BCUT2D eigenvalue weighted by Crippen LogP contribution is 2.56. The molecule has 0 spiro atoms. The van der Waals surface area contributed by atoms with E-state index in [0.29, 0.717) is 11.7 Å². The lowest BCUT2D eigenvalue weighted by Crippen LogP contribution is -2.36. The fourth-order valence-corrected chi connectivity index (χ4v) is 4.26. The van der Waals surface area contributed by atoms with Gasteiger partial charge in [-0.3, -0.25) is 4.79 Å². The molecule has 0 N–H and O–H groups in total. The van der Waals surface area contributed by atoms with Crippen LogP contribution in [0.1, 0.15) is 53.3 Å². The second-order valence-electron chi connectivity index (χ2n) is 6.13. The van der Waals surface area contributed by atoms with E-state index >= 15 is 0 Å². The molecule has 0 bridgehead atoms. The Morgan fingerprint density at radius 3 is 2.90 bits per heavy atom. The molecule has 1 heterocycles. The number of rotatable bonds is 2. The van der Waals surface area contributed by atoms with Crippen LogP contribution in [0.4, 0.5) is 0 Å². The second kappa shape index (κ2) is 4.34. The van der Waals surface area contributed by atoms with Gasteiger partial charge in [-0.2, -0.15) is 0 Å². The summed E-state index contributed by atoms with van der Waals surface area (Å²) >= 11 is 0. The molecule has 2 aromatic rings. The van der Waals surface area contributed by atoms with Gasteiger partial charge in [0.1, 0.15) is 5.76 Å². The second-order valence-corrected chi connectivity index (χ2v) is 6.13. The Kier molecular flexibility index (Phi) is 2.59. The van der Waals surface area contributed by atoms with E-state index in [1.54, 1.807) is 6.26 Å². The summed E-state index contributed by atoms with van der Waals surface area (Å²) in [6.45, 7) is 0. The van der Waals surface area contributed by atoms with E-state index in [1.165, 1.54) is 12.0 Å². The van der Waals surface area contributed by atoms with Crippen molar-refractivity contribution in [3.63, 3.8) is 0 Å². The molecule has 1 aromatic heterocycles. The minimum Gasteiger partial charge on any atom is -0.469 e. The number of Topliss-reactive ketones (excluding diaryl/α,β-unsaturated/α-hetero) is 1. The number of hydrogen-bond acceptors (Lipinski definition) is 2. The molecule has 1 fully saturated rings. The number of fused-ring (bicyclic) bond motifs is 3. The van der Waals surface area contributed by atoms with Crippen LogP contribution in [0.3, 0.4) is 0 Å². The standard InChI is InChI=1S/C18H18O2/c19-17-15-8-2-1-7-14(15)16-9-3-4-10-18(16,17)12-13-6-5-11-20-13/h1-2,5-8,11,16H,3-4,9-10,12H2. The van der Waals surface area contributed by atoms with Crippen molar-refractivity contribution in [2.24, 2.45) is 5.41 Å². The summed E-state index contributed by atoms with van der Waals surface area (Å²) in [5.74, 6) is 1.66. The van der Waals surface area contributed by atoms with Gasteiger partial charge in [0.2, 0.25) is 0 Å². The lowest BCUT2D eigenvalue weighted by atomic mass is 9.64. The number of carbonyl (C=O) groups excluding carboxylic acids is 1. The molecule has 0 aliphatic heterocycles. The van der Waals surface area contributed by atoms with Crippen molar-refractivity contribution < 1.29 is 9.21 Å². The fraction of sp³-hybridized carbons (Fsp3) is 0.389. The Morgan fingerprint density at radius 1 is 1.15 bits per heavy atom. The predicted molar refractivity (Wildman–Crippen MR) is 76.8 cm³/mol. The molecule has 2 heteroatoms. The van der Waals surface area contributed by atoms with Gasteiger partial charge < -0.3 is 4.42 Å². The van der Waals surface area contributed by atoms with Gasteiger partial charge in [0.05, 0.1) is 6.26 Å². The van der Waals surface area contributed by atoms with E-state index in [-0.39, 0.29) is 5.41 Å². The first-order valence-corrected chi connectivity index (χ1v) is 7.47. The van der Waals surface area contributed by atoms with Gasteiger partial charge in [-0.05, 0) is 36.5 Å². The van der Waals surface area contributed by atoms with Crippen LogP contribution in [0.2, 0.25) is 0 Å². The third kappa shape index (κ3) is 1.54. The smallest absolute Gasteiger partial charge is 0.170 e. The number of benzene rings is 1. The minimum absolute atomic E-state index is 0.250. The lowest BCUT2D eigenvalue weighted by Gasteiger charge is -2.37. The van der Waals surface area contributed by atoms with Crippen molar-refractivity contribution in [2.45, 2.75) is 38.0 Å². The third-order valence-corrected chi connectivity index (χ3v) is 5.14. The molecule has 2 atom stereocenters. The van der Waals surface area contributed by atoms with Crippen LogP contribution < -0.4 is 0 Å². The quantitative estimate of drug-likeness (QED) is 0.808. The Labute approximate surface area is 118 Å². The van der Waals surface area contributed by atoms with E-state index in [9.17, 15) is 4.79 Å². The summed E-state index contributed by atoms with van der Waals surface area (Å²) in [7, 11) is 0. The van der Waals surface area contributed by atoms with E-state index < -0.39 is 0 Å². The van der Waals surface area contributed by atoms with Crippen LogP contribution in [-0.4, -0.2) is 5.78 Å². The summed E-state index contributed by atoms with van der Waals surface area (Å²) in [5, 5.41) is 0. The maximum atomic E-state index is 13.0. The first-order valence-electron chi connectivity index (χ1n) is 7.47. The molecule has 0 saturated heterocycles. The molecule has 1 saturated carbocycles. The largest absolute Gasteiger partial charge is 0.469 e. The molecule has 0 amide bonds. The monoisotopic (exact) mass is 266 g/mol. The van der Waals surface area contributed by atoms with Crippen molar-refractivity contribution in [3.8, 4) is 0 Å². The number of carbonyl (C=O) groups is 1. The highest BCUT2D eigenvalue weighted by molar-refractivity contribution is 6.06. The molecule has 2 aliphatic carbocycles. The zero-order valence-corrected chi connectivity index (χ0v) is 11.5. The van der Waals surface area contributed by atoms with Crippen LogP contribution in [0.15, 0.2) is 47.1 Å². The van der Waals surface area contributed by atoms with Crippen molar-refractivity contribution in [1.29, 1.82) is 0 Å². The average molecular weight is 266 g/mol. The van der Waals surface area contributed by atoms with Crippen LogP contribution in [-0.2, 0) is 6.42 Å². The van der Waals surface area contributed by atoms with Crippen LogP contribution in [0.25, 0.3) is 0 Å². The zero-order valence-electron chi connectivity index (χ0n) is 11.5. The number of ketones is 1. The number of hydrogen-bond donors (Lipinski definition) is 0. The zero-order chi connectivity index (χ0) is 13.6. The topological polar surface area (TPSA) is 30.2 Å². The predicted octanol–water partition coefficient (Wildman–Crippen LogP) is 4.36. The Hall–Kier alpha value is -1.83. The van der Waals surface area contributed by atoms with Crippen LogP contribution in [0.5, 0.6) is 0 Å². The van der Waals surface area contributed by atoms with E-state index in [1.807, 2.05) is 24.3 Å². The summed E-state index contributed by atoms with van der Waals surface area (Å²) < 4.78 is 5.53. The summed E-state index contributed by atoms with van der Waals surface area (Å²) in [5.41, 5.74) is 1.97. The molecule has 2 nitrogen and oxygen atoms in total. The normalized spacial score (nSPS) is 28.2. The first-order chi connectivity index (χ1) is 9.81. The van der Waals surface area contributed by atoms with Crippen LogP contribution in [0, 0.1) is 5.41 Å². The van der Waals surface area contributed by atoms with Crippen LogP contribution >= 0.6 is 0 Å². The SMILES string of the molecule is O=C1c2ccccc2C2CCCCC12Cc1ccco1. The third-order valence-electron chi connectivity index (χ3n) is 5.14. The van der Waals surface area contributed by atoms with Crippen molar-refractivity contribution in [1.82, 2.24) is 0 Å². The molecule has 102 valence electrons. The minimum atomic E-state index is -0.250. The van der Waals surface area contributed by atoms with Crippen molar-refractivity contribution in [2.75, 3.05) is 0 Å². The summed E-state index contributed by atoms with van der Waals surface area (Å²) in [6.07, 6.45) is 6.95. The van der Waals surface area contributed by atoms with Gasteiger partial charge >= 0.3 is 0 Å². The highest BCUT2D eigenvalue weighted by Gasteiger charge is 2.53. The summed E-state index contributed by atoms with van der Waals surface area (Å²) in [6, 6.07) is 12.1. The Morgan fingerprint density at radius 2 is 2.05 bits per heavy atom. The van der Waals surface area contributed by atoms with Gasteiger partial charge in [-0.25, -0.2) is 0 Å². The molecule has 0 radical (unpaired) electrons. The molecule has 20 heavy (non-hydrogen) atoms. The van der Waals surface area contributed by atoms with Gasteiger partial charge in [0.25, 0.3) is 0 Å². The average Bonchev–Trinajstić information content (AvgIpc) is 3.07. The maximum absolute atomic E-state index is 13.0. The molecular formula is C18H18O2. The molecule has 2 unspecified atom stereocenters. The Bertz CT molecular complexity index is 641. The van der Waals surface area contributed by atoms with E-state index in [0.717, 1.165) is 37.0 Å². The van der Waals surface area contributed by atoms with Crippen molar-refractivity contribution in [3.05, 3.63) is 59.5 Å². The molecule has 1 aromatic carbocycles. The van der Waals surface area contributed by atoms with E-state index in [4.69, 9.17) is 4.42 Å². The van der Waals surface area contributed by atoms with Gasteiger partial charge in [0.15, 0.2) is 5.78 Å². The van der Waals surface area contributed by atoms with Gasteiger partial charge in [-0.1, -0.05) is 37.1 Å². The van der Waals surface area contributed by atoms with Crippen molar-refractivity contribution >= 4 is 5.78 Å². The van der Waals surface area contributed by atoms with Gasteiger partial charge in [-0.15, -0.1) is 0 Å². The molecule has 4 rings (SSSR count). The Balaban J connectivity index is 1.82.